The van der Waals surface area contributed by atoms with Crippen LogP contribution in [-0.4, -0.2) is 18.7 Å². The van der Waals surface area contributed by atoms with Crippen molar-refractivity contribution in [2.24, 2.45) is 7.05 Å². The van der Waals surface area contributed by atoms with Gasteiger partial charge in [-0.1, -0.05) is 60.7 Å². The molecule has 0 spiro atoms. The van der Waals surface area contributed by atoms with Crippen LogP contribution >= 0.6 is 0 Å². The minimum absolute atomic E-state index is 0.0150. The van der Waals surface area contributed by atoms with Crippen LogP contribution in [0.5, 0.6) is 0 Å². The van der Waals surface area contributed by atoms with Crippen LogP contribution in [0.2, 0.25) is 0 Å². The third kappa shape index (κ3) is 2.78. The maximum atomic E-state index is 13.0. The van der Waals surface area contributed by atoms with Crippen molar-refractivity contribution in [2.45, 2.75) is 0 Å². The molecule has 0 aliphatic rings. The van der Waals surface area contributed by atoms with Crippen LogP contribution in [-0.2, 0) is 7.05 Å². The molecule has 3 nitrogen and oxygen atoms in total. The zero-order valence-electron chi connectivity index (χ0n) is 13.7. The molecule has 0 N–H and O–H groups in total. The normalized spacial score (nSPS) is 10.6. The highest BCUT2D eigenvalue weighted by molar-refractivity contribution is 5.81. The van der Waals surface area contributed by atoms with Crippen molar-refractivity contribution < 1.29 is 0 Å². The molecule has 0 radical (unpaired) electrons. The van der Waals surface area contributed by atoms with E-state index in [-0.39, 0.29) is 5.56 Å². The lowest BCUT2D eigenvalue weighted by atomic mass is 10.0. The first kappa shape index (κ1) is 15.1. The molecule has 0 saturated carbocycles. The summed E-state index contributed by atoms with van der Waals surface area (Å²) in [6.45, 7) is 0. The van der Waals surface area contributed by atoms with E-state index in [0.29, 0.717) is 0 Å². The molecule has 0 unspecified atom stereocenters. The second-order valence-electron chi connectivity index (χ2n) is 5.78. The Bertz CT molecular complexity index is 865. The Morgan fingerprint density at radius 3 is 1.87 bits per heavy atom. The van der Waals surface area contributed by atoms with Gasteiger partial charge in [0.2, 0.25) is 0 Å². The molecule has 3 aromatic rings. The van der Waals surface area contributed by atoms with E-state index in [1.54, 1.807) is 4.57 Å². The predicted molar refractivity (Wildman–Crippen MR) is 96.9 cm³/mol. The molecule has 0 amide bonds. The number of nitrogens with zero attached hydrogens (tertiary/aromatic N) is 2. The van der Waals surface area contributed by atoms with Gasteiger partial charge in [-0.05, 0) is 17.2 Å². The minimum atomic E-state index is 0.0150. The Kier molecular flexibility index (Phi) is 4.02. The molecule has 1 aromatic heterocycles. The summed E-state index contributed by atoms with van der Waals surface area (Å²) in [6.07, 6.45) is 0. The Hall–Kier alpha value is -2.81. The molecular formula is C20H20N2O. The van der Waals surface area contributed by atoms with Crippen molar-refractivity contribution in [2.75, 3.05) is 19.0 Å². The molecule has 3 heteroatoms. The Morgan fingerprint density at radius 2 is 1.35 bits per heavy atom. The average Bonchev–Trinajstić information content (AvgIpc) is 2.58. The van der Waals surface area contributed by atoms with Gasteiger partial charge >= 0.3 is 0 Å². The van der Waals surface area contributed by atoms with Crippen molar-refractivity contribution in [1.82, 2.24) is 4.57 Å². The van der Waals surface area contributed by atoms with E-state index < -0.39 is 0 Å². The highest BCUT2D eigenvalue weighted by atomic mass is 16.1. The van der Waals surface area contributed by atoms with Gasteiger partial charge in [0.05, 0.1) is 16.9 Å². The molecular weight excluding hydrogens is 284 g/mol. The van der Waals surface area contributed by atoms with Crippen LogP contribution in [0.3, 0.4) is 0 Å². The molecule has 0 bridgehead atoms. The molecule has 23 heavy (non-hydrogen) atoms. The Morgan fingerprint density at radius 1 is 0.826 bits per heavy atom. The summed E-state index contributed by atoms with van der Waals surface area (Å²) in [5.41, 5.74) is 4.57. The minimum Gasteiger partial charge on any atom is -0.377 e. The quantitative estimate of drug-likeness (QED) is 0.735. The topological polar surface area (TPSA) is 25.2 Å². The maximum absolute atomic E-state index is 13.0. The van der Waals surface area contributed by atoms with E-state index in [9.17, 15) is 4.79 Å². The largest absolute Gasteiger partial charge is 0.377 e. The van der Waals surface area contributed by atoms with Gasteiger partial charge < -0.3 is 9.47 Å². The summed E-state index contributed by atoms with van der Waals surface area (Å²) in [5.74, 6) is 0. The summed E-state index contributed by atoms with van der Waals surface area (Å²) >= 11 is 0. The van der Waals surface area contributed by atoms with Gasteiger partial charge in [0.25, 0.3) is 5.56 Å². The van der Waals surface area contributed by atoms with E-state index >= 15 is 0 Å². The summed E-state index contributed by atoms with van der Waals surface area (Å²) < 4.78 is 1.73. The Balaban J connectivity index is 2.32. The van der Waals surface area contributed by atoms with Crippen LogP contribution in [0.25, 0.3) is 22.4 Å². The lowest BCUT2D eigenvalue weighted by Gasteiger charge is -2.21. The van der Waals surface area contributed by atoms with E-state index in [4.69, 9.17) is 0 Å². The average molecular weight is 304 g/mol. The first-order chi connectivity index (χ1) is 11.1. The number of hydrogen-bond acceptors (Lipinski definition) is 2. The van der Waals surface area contributed by atoms with Crippen molar-refractivity contribution >= 4 is 5.69 Å². The summed E-state index contributed by atoms with van der Waals surface area (Å²) in [7, 11) is 5.77. The monoisotopic (exact) mass is 304 g/mol. The number of pyridine rings is 1. The first-order valence-electron chi connectivity index (χ1n) is 7.62. The van der Waals surface area contributed by atoms with E-state index in [1.807, 2.05) is 86.7 Å². The molecule has 116 valence electrons. The summed E-state index contributed by atoms with van der Waals surface area (Å²) in [6, 6.07) is 21.9. The standard InChI is InChI=1S/C20H20N2O/c1-21(2)18-14-17(15-10-6-4-7-11-15)22(3)20(23)19(18)16-12-8-5-9-13-16/h4-14H,1-3H3. The zero-order valence-corrected chi connectivity index (χ0v) is 13.7. The number of anilines is 1. The van der Waals surface area contributed by atoms with E-state index in [1.165, 1.54) is 0 Å². The first-order valence-corrected chi connectivity index (χ1v) is 7.62. The van der Waals surface area contributed by atoms with Crippen molar-refractivity contribution in [3.05, 3.63) is 77.1 Å². The molecule has 0 saturated heterocycles. The third-order valence-electron chi connectivity index (χ3n) is 4.02. The van der Waals surface area contributed by atoms with Crippen LogP contribution in [0.15, 0.2) is 71.5 Å². The summed E-state index contributed by atoms with van der Waals surface area (Å²) in [5, 5.41) is 0. The molecule has 0 aliphatic heterocycles. The van der Waals surface area contributed by atoms with Crippen molar-refractivity contribution in [3.8, 4) is 22.4 Å². The predicted octanol–water partition coefficient (Wildman–Crippen LogP) is 3.79. The van der Waals surface area contributed by atoms with Gasteiger partial charge in [0, 0.05) is 21.1 Å². The zero-order chi connectivity index (χ0) is 16.4. The fourth-order valence-corrected chi connectivity index (χ4v) is 2.80. The second kappa shape index (κ2) is 6.13. The van der Waals surface area contributed by atoms with Gasteiger partial charge in [-0.25, -0.2) is 0 Å². The van der Waals surface area contributed by atoms with Gasteiger partial charge in [-0.15, -0.1) is 0 Å². The number of rotatable bonds is 3. The summed E-state index contributed by atoms with van der Waals surface area (Å²) in [4.78, 5) is 15.0. The fraction of sp³-hybridized carbons (Fsp3) is 0.150. The molecule has 3 rings (SSSR count). The van der Waals surface area contributed by atoms with Crippen molar-refractivity contribution in [1.29, 1.82) is 0 Å². The van der Waals surface area contributed by atoms with Crippen LogP contribution < -0.4 is 10.5 Å². The third-order valence-corrected chi connectivity index (χ3v) is 4.02. The Labute approximate surface area is 136 Å². The number of aromatic nitrogens is 1. The number of benzene rings is 2. The van der Waals surface area contributed by atoms with Crippen LogP contribution in [0, 0.1) is 0 Å². The molecule has 0 atom stereocenters. The van der Waals surface area contributed by atoms with Gasteiger partial charge in [-0.2, -0.15) is 0 Å². The molecule has 2 aromatic carbocycles. The highest BCUT2D eigenvalue weighted by Gasteiger charge is 2.16. The molecule has 0 fully saturated rings. The van der Waals surface area contributed by atoms with Gasteiger partial charge in [-0.3, -0.25) is 4.79 Å². The van der Waals surface area contributed by atoms with E-state index in [0.717, 1.165) is 28.1 Å². The SMILES string of the molecule is CN(C)c1cc(-c2ccccc2)n(C)c(=O)c1-c1ccccc1. The van der Waals surface area contributed by atoms with E-state index in [2.05, 4.69) is 6.07 Å². The number of hydrogen-bond donors (Lipinski definition) is 0. The lowest BCUT2D eigenvalue weighted by Crippen LogP contribution is -2.24. The van der Waals surface area contributed by atoms with Crippen LogP contribution in [0.1, 0.15) is 0 Å². The van der Waals surface area contributed by atoms with Crippen molar-refractivity contribution in [3.63, 3.8) is 0 Å². The van der Waals surface area contributed by atoms with Crippen LogP contribution in [0.4, 0.5) is 5.69 Å². The lowest BCUT2D eigenvalue weighted by molar-refractivity contribution is 0.870. The highest BCUT2D eigenvalue weighted by Crippen LogP contribution is 2.30. The van der Waals surface area contributed by atoms with Gasteiger partial charge in [0.15, 0.2) is 0 Å². The maximum Gasteiger partial charge on any atom is 0.260 e. The van der Waals surface area contributed by atoms with Gasteiger partial charge in [0.1, 0.15) is 0 Å². The molecule has 1 heterocycles. The fourth-order valence-electron chi connectivity index (χ4n) is 2.80. The smallest absolute Gasteiger partial charge is 0.260 e. The molecule has 0 aliphatic carbocycles. The second-order valence-corrected chi connectivity index (χ2v) is 5.78.